The number of halogens is 10. The van der Waals surface area contributed by atoms with Gasteiger partial charge in [0.15, 0.2) is 0 Å². The summed E-state index contributed by atoms with van der Waals surface area (Å²) in [5, 5.41) is -0.166. The number of amides is 1. The second-order valence-electron chi connectivity index (χ2n) is 3.85. The van der Waals surface area contributed by atoms with E-state index in [0.29, 0.717) is 0 Å². The summed E-state index contributed by atoms with van der Waals surface area (Å²) in [6, 6.07) is 1.76. The summed E-state index contributed by atoms with van der Waals surface area (Å²) in [5.74, 6) is -3.03. The third kappa shape index (κ3) is 3.36. The van der Waals surface area contributed by atoms with Gasteiger partial charge in [0.2, 0.25) is 0 Å². The van der Waals surface area contributed by atoms with Crippen molar-refractivity contribution in [1.29, 1.82) is 0 Å². The molecule has 2 nitrogen and oxygen atoms in total. The van der Waals surface area contributed by atoms with Crippen LogP contribution >= 0.6 is 34.8 Å². The van der Waals surface area contributed by atoms with Crippen LogP contribution in [-0.2, 0) is 4.79 Å². The fraction of sp³-hybridized carbons (Fsp3) is 0.300. The highest BCUT2D eigenvalue weighted by atomic mass is 35.5. The van der Waals surface area contributed by atoms with Crippen molar-refractivity contribution in [2.75, 3.05) is 5.32 Å². The van der Waals surface area contributed by atoms with Gasteiger partial charge in [-0.1, -0.05) is 34.8 Å². The van der Waals surface area contributed by atoms with Crippen LogP contribution in [0.3, 0.4) is 0 Å². The summed E-state index contributed by atoms with van der Waals surface area (Å²) < 4.78 is 87.7. The Hall–Kier alpha value is -0.930. The van der Waals surface area contributed by atoms with Crippen LogP contribution in [0.4, 0.5) is 36.4 Å². The quantitative estimate of drug-likeness (QED) is 0.669. The van der Waals surface area contributed by atoms with Crippen molar-refractivity contribution in [2.45, 2.75) is 18.0 Å². The van der Waals surface area contributed by atoms with Gasteiger partial charge in [-0.3, -0.25) is 4.79 Å². The molecular formula is C10H3Cl3F7NO. The SMILES string of the molecule is O=C(Nc1c(Cl)cc(Cl)cc1Cl)C(F)(C(F)(F)F)C(F)(F)F. The molecule has 12 heteroatoms. The average molecular weight is 392 g/mol. The van der Waals surface area contributed by atoms with Gasteiger partial charge >= 0.3 is 18.0 Å². The van der Waals surface area contributed by atoms with Crippen LogP contribution in [0.2, 0.25) is 15.1 Å². The maximum Gasteiger partial charge on any atom is 0.441 e. The summed E-state index contributed by atoms with van der Waals surface area (Å²) in [6.45, 7) is 0. The summed E-state index contributed by atoms with van der Waals surface area (Å²) in [4.78, 5) is 11.2. The van der Waals surface area contributed by atoms with Crippen LogP contribution in [-0.4, -0.2) is 23.9 Å². The van der Waals surface area contributed by atoms with E-state index >= 15 is 0 Å². The van der Waals surface area contributed by atoms with Crippen LogP contribution in [0.15, 0.2) is 12.1 Å². The van der Waals surface area contributed by atoms with Gasteiger partial charge < -0.3 is 5.32 Å². The van der Waals surface area contributed by atoms with Gasteiger partial charge in [0.05, 0.1) is 15.7 Å². The maximum absolute atomic E-state index is 13.5. The van der Waals surface area contributed by atoms with Crippen LogP contribution in [0.5, 0.6) is 0 Å². The Morgan fingerprint density at radius 2 is 1.23 bits per heavy atom. The fourth-order valence-corrected chi connectivity index (χ4v) is 2.19. The largest absolute Gasteiger partial charge is 0.441 e. The Labute approximate surface area is 133 Å². The van der Waals surface area contributed by atoms with E-state index in [1.807, 2.05) is 0 Å². The Bertz CT molecular complexity index is 562. The first kappa shape index (κ1) is 19.1. The molecule has 0 bridgehead atoms. The summed E-state index contributed by atoms with van der Waals surface area (Å²) in [7, 11) is 0. The Morgan fingerprint density at radius 3 is 1.55 bits per heavy atom. The van der Waals surface area contributed by atoms with E-state index in [2.05, 4.69) is 0 Å². The lowest BCUT2D eigenvalue weighted by atomic mass is 10.0. The molecule has 0 saturated carbocycles. The van der Waals surface area contributed by atoms with Crippen molar-refractivity contribution >= 4 is 46.4 Å². The van der Waals surface area contributed by atoms with Crippen molar-refractivity contribution in [3.8, 4) is 0 Å². The third-order valence-electron chi connectivity index (χ3n) is 2.34. The van der Waals surface area contributed by atoms with Gasteiger partial charge in [-0.05, 0) is 12.1 Å². The fourth-order valence-electron chi connectivity index (χ4n) is 1.28. The summed E-state index contributed by atoms with van der Waals surface area (Å²) >= 11 is 16.5. The molecule has 1 N–H and O–H groups in total. The van der Waals surface area contributed by atoms with E-state index in [4.69, 9.17) is 34.8 Å². The zero-order chi connectivity index (χ0) is 17.5. The third-order valence-corrected chi connectivity index (χ3v) is 3.15. The molecule has 0 radical (unpaired) electrons. The molecule has 0 aliphatic rings. The number of carbonyl (C=O) groups excluding carboxylic acids is 1. The highest BCUT2D eigenvalue weighted by molar-refractivity contribution is 6.42. The second-order valence-corrected chi connectivity index (χ2v) is 5.10. The van der Waals surface area contributed by atoms with E-state index in [-0.39, 0.29) is 5.02 Å². The lowest BCUT2D eigenvalue weighted by molar-refractivity contribution is -0.324. The van der Waals surface area contributed by atoms with E-state index in [1.165, 1.54) is 0 Å². The highest BCUT2D eigenvalue weighted by Gasteiger charge is 2.77. The molecule has 1 aromatic rings. The minimum absolute atomic E-state index is 0.105. The topological polar surface area (TPSA) is 29.1 Å². The first-order valence-electron chi connectivity index (χ1n) is 5.00. The Balaban J connectivity index is 3.31. The van der Waals surface area contributed by atoms with Gasteiger partial charge in [-0.15, -0.1) is 0 Å². The van der Waals surface area contributed by atoms with Gasteiger partial charge in [0, 0.05) is 5.02 Å². The lowest BCUT2D eigenvalue weighted by Crippen LogP contribution is -2.61. The van der Waals surface area contributed by atoms with Crippen molar-refractivity contribution in [1.82, 2.24) is 0 Å². The van der Waals surface area contributed by atoms with Crippen molar-refractivity contribution in [3.63, 3.8) is 0 Å². The minimum Gasteiger partial charge on any atom is -0.320 e. The zero-order valence-electron chi connectivity index (χ0n) is 9.84. The summed E-state index contributed by atoms with van der Waals surface area (Å²) in [6.07, 6.45) is -13.1. The molecular weight excluding hydrogens is 389 g/mol. The van der Waals surface area contributed by atoms with Crippen molar-refractivity contribution in [3.05, 3.63) is 27.2 Å². The molecule has 0 spiro atoms. The summed E-state index contributed by atoms with van der Waals surface area (Å²) in [5.41, 5.74) is -6.97. The highest BCUT2D eigenvalue weighted by Crippen LogP contribution is 2.47. The first-order valence-corrected chi connectivity index (χ1v) is 6.13. The second kappa shape index (κ2) is 5.93. The van der Waals surface area contributed by atoms with Crippen molar-refractivity contribution in [2.24, 2.45) is 0 Å². The number of carbonyl (C=O) groups is 1. The Kier molecular flexibility index (Phi) is 5.16. The molecule has 0 atom stereocenters. The predicted molar refractivity (Wildman–Crippen MR) is 66.1 cm³/mol. The molecule has 0 saturated heterocycles. The number of hydrogen-bond donors (Lipinski definition) is 1. The van der Waals surface area contributed by atoms with Gasteiger partial charge in [-0.25, -0.2) is 4.39 Å². The molecule has 1 rings (SSSR count). The predicted octanol–water partition coefficient (Wildman–Crippen LogP) is 5.42. The number of hydrogen-bond acceptors (Lipinski definition) is 1. The van der Waals surface area contributed by atoms with Crippen LogP contribution in [0.1, 0.15) is 0 Å². The lowest BCUT2D eigenvalue weighted by Gasteiger charge is -2.28. The van der Waals surface area contributed by atoms with Crippen molar-refractivity contribution < 1.29 is 35.5 Å². The van der Waals surface area contributed by atoms with E-state index < -0.39 is 39.7 Å². The van der Waals surface area contributed by atoms with Crippen LogP contribution in [0.25, 0.3) is 0 Å². The molecule has 0 aromatic heterocycles. The van der Waals surface area contributed by atoms with Crippen LogP contribution < -0.4 is 5.32 Å². The van der Waals surface area contributed by atoms with Gasteiger partial charge in [0.25, 0.3) is 5.91 Å². The maximum atomic E-state index is 13.5. The van der Waals surface area contributed by atoms with Crippen LogP contribution in [0, 0.1) is 0 Å². The van der Waals surface area contributed by atoms with Gasteiger partial charge in [-0.2, -0.15) is 26.3 Å². The normalized spacial score (nSPS) is 13.2. The molecule has 0 aliphatic heterocycles. The number of benzene rings is 1. The number of alkyl halides is 7. The smallest absolute Gasteiger partial charge is 0.320 e. The molecule has 1 aromatic carbocycles. The first-order chi connectivity index (χ1) is 9.71. The molecule has 0 unspecified atom stereocenters. The molecule has 0 heterocycles. The number of rotatable bonds is 2. The molecule has 22 heavy (non-hydrogen) atoms. The minimum atomic E-state index is -6.54. The standard InChI is InChI=1S/C10H3Cl3F7NO/c11-3-1-4(12)6(5(13)2-3)21-7(22)8(14,9(15,16)17)10(18,19)20/h1-2H,(H,21,22). The Morgan fingerprint density at radius 1 is 0.864 bits per heavy atom. The molecule has 1 amide bonds. The monoisotopic (exact) mass is 391 g/mol. The zero-order valence-corrected chi connectivity index (χ0v) is 12.1. The molecule has 0 fully saturated rings. The average Bonchev–Trinajstić information content (AvgIpc) is 2.29. The molecule has 0 aliphatic carbocycles. The van der Waals surface area contributed by atoms with E-state index in [1.54, 1.807) is 0 Å². The van der Waals surface area contributed by atoms with E-state index in [0.717, 1.165) is 17.4 Å². The molecule has 124 valence electrons. The van der Waals surface area contributed by atoms with Gasteiger partial charge in [0.1, 0.15) is 0 Å². The van der Waals surface area contributed by atoms with E-state index in [9.17, 15) is 35.5 Å². The number of anilines is 1. The number of nitrogens with one attached hydrogen (secondary N) is 1.